The van der Waals surface area contributed by atoms with E-state index in [2.05, 4.69) is 11.9 Å². The van der Waals surface area contributed by atoms with Crippen LogP contribution < -0.4 is 11.6 Å². The molecule has 0 saturated carbocycles. The molecule has 1 rings (SSSR count). The van der Waals surface area contributed by atoms with E-state index in [1.54, 1.807) is 0 Å². The first-order valence-electron chi connectivity index (χ1n) is 4.75. The van der Waals surface area contributed by atoms with Crippen molar-refractivity contribution in [3.8, 4) is 0 Å². The van der Waals surface area contributed by atoms with Crippen molar-refractivity contribution in [1.82, 2.24) is 9.66 Å². The number of nitrogens with zero attached hydrogens (tertiary/aromatic N) is 2. The second-order valence-electron chi connectivity index (χ2n) is 3.32. The van der Waals surface area contributed by atoms with Crippen molar-refractivity contribution in [2.75, 3.05) is 11.6 Å². The van der Waals surface area contributed by atoms with Crippen LogP contribution in [0.1, 0.15) is 37.7 Å². The van der Waals surface area contributed by atoms with Crippen molar-refractivity contribution >= 4 is 5.82 Å². The Kier molecular flexibility index (Phi) is 3.17. The lowest BCUT2D eigenvalue weighted by molar-refractivity contribution is 0.710. The van der Waals surface area contributed by atoms with Gasteiger partial charge in [-0.25, -0.2) is 9.66 Å². The Morgan fingerprint density at radius 3 is 2.54 bits per heavy atom. The molecule has 0 fully saturated rings. The van der Waals surface area contributed by atoms with Crippen molar-refractivity contribution in [3.63, 3.8) is 0 Å². The van der Waals surface area contributed by atoms with Gasteiger partial charge in [0.15, 0.2) is 0 Å². The van der Waals surface area contributed by atoms with E-state index in [0.717, 1.165) is 24.4 Å². The van der Waals surface area contributed by atoms with Crippen LogP contribution in [0.5, 0.6) is 0 Å². The van der Waals surface area contributed by atoms with Gasteiger partial charge in [-0.1, -0.05) is 19.8 Å². The number of imidazole rings is 1. The summed E-state index contributed by atoms with van der Waals surface area (Å²) < 4.78 is 1.45. The average Bonchev–Trinajstić information content (AvgIpc) is 2.34. The third-order valence-corrected chi connectivity index (χ3v) is 2.22. The fourth-order valence-electron chi connectivity index (χ4n) is 1.35. The average molecular weight is 182 g/mol. The predicted molar refractivity (Wildman–Crippen MR) is 54.8 cm³/mol. The monoisotopic (exact) mass is 182 g/mol. The summed E-state index contributed by atoms with van der Waals surface area (Å²) in [6.07, 6.45) is 4.50. The maximum absolute atomic E-state index is 5.76. The molecule has 0 unspecified atom stereocenters. The summed E-state index contributed by atoms with van der Waals surface area (Å²) in [5, 5.41) is 0. The van der Waals surface area contributed by atoms with Crippen molar-refractivity contribution < 1.29 is 0 Å². The lowest BCUT2D eigenvalue weighted by Crippen LogP contribution is -2.13. The zero-order valence-corrected chi connectivity index (χ0v) is 8.38. The van der Waals surface area contributed by atoms with Crippen molar-refractivity contribution in [2.24, 2.45) is 0 Å². The molecule has 4 N–H and O–H groups in total. The summed E-state index contributed by atoms with van der Waals surface area (Å²) in [6, 6.07) is 0. The van der Waals surface area contributed by atoms with Crippen LogP contribution in [0.15, 0.2) is 0 Å². The summed E-state index contributed by atoms with van der Waals surface area (Å²) in [7, 11) is 0. The molecule has 0 amide bonds. The number of aryl methyl sites for hydroxylation is 2. The lowest BCUT2D eigenvalue weighted by Gasteiger charge is -1.99. The van der Waals surface area contributed by atoms with Gasteiger partial charge >= 0.3 is 0 Å². The zero-order valence-electron chi connectivity index (χ0n) is 8.38. The maximum Gasteiger partial charge on any atom is 0.145 e. The minimum absolute atomic E-state index is 0.605. The molecule has 1 aromatic heterocycles. The number of hydrogen-bond acceptors (Lipinski definition) is 3. The van der Waals surface area contributed by atoms with Crippen molar-refractivity contribution in [3.05, 3.63) is 11.5 Å². The fourth-order valence-corrected chi connectivity index (χ4v) is 1.35. The molecule has 0 saturated heterocycles. The second-order valence-corrected chi connectivity index (χ2v) is 3.32. The van der Waals surface area contributed by atoms with Gasteiger partial charge in [-0.3, -0.25) is 0 Å². The van der Waals surface area contributed by atoms with Crippen LogP contribution in [-0.2, 0) is 6.42 Å². The highest BCUT2D eigenvalue weighted by Crippen LogP contribution is 2.13. The van der Waals surface area contributed by atoms with Crippen LogP contribution in [-0.4, -0.2) is 9.66 Å². The van der Waals surface area contributed by atoms with Crippen molar-refractivity contribution in [1.29, 1.82) is 0 Å². The van der Waals surface area contributed by atoms with E-state index in [1.165, 1.54) is 17.5 Å². The quantitative estimate of drug-likeness (QED) is 0.543. The Morgan fingerprint density at radius 2 is 2.08 bits per heavy atom. The first-order chi connectivity index (χ1) is 6.16. The molecule has 13 heavy (non-hydrogen) atoms. The highest BCUT2D eigenvalue weighted by Gasteiger charge is 2.08. The number of hydrogen-bond donors (Lipinski definition) is 2. The van der Waals surface area contributed by atoms with Crippen LogP contribution in [0.3, 0.4) is 0 Å². The van der Waals surface area contributed by atoms with Crippen LogP contribution >= 0.6 is 0 Å². The smallest absolute Gasteiger partial charge is 0.145 e. The molecule has 0 spiro atoms. The molecular formula is C9H18N4. The molecule has 1 aromatic rings. The number of anilines is 1. The Hall–Kier alpha value is -1.19. The number of rotatable bonds is 4. The maximum atomic E-state index is 5.76. The van der Waals surface area contributed by atoms with Crippen molar-refractivity contribution in [2.45, 2.75) is 39.5 Å². The molecular weight excluding hydrogens is 164 g/mol. The highest BCUT2D eigenvalue weighted by molar-refractivity contribution is 5.38. The van der Waals surface area contributed by atoms with Crippen LogP contribution in [0.2, 0.25) is 0 Å². The van der Waals surface area contributed by atoms with Gasteiger partial charge in [0, 0.05) is 0 Å². The summed E-state index contributed by atoms with van der Waals surface area (Å²) in [4.78, 5) is 4.29. The summed E-state index contributed by atoms with van der Waals surface area (Å²) in [6.45, 7) is 4.04. The Balaban J connectivity index is 2.61. The van der Waals surface area contributed by atoms with Gasteiger partial charge in [-0.15, -0.1) is 0 Å². The Morgan fingerprint density at radius 1 is 1.38 bits per heavy atom. The standard InChI is InChI=1S/C9H18N4/c1-3-4-5-6-8-9(10)13(11)7(2)12-8/h3-6,10-11H2,1-2H3. The first kappa shape index (κ1) is 9.89. The second kappa shape index (κ2) is 4.16. The molecule has 0 aliphatic rings. The molecule has 74 valence electrons. The van der Waals surface area contributed by atoms with E-state index < -0.39 is 0 Å². The van der Waals surface area contributed by atoms with Gasteiger partial charge in [0.05, 0.1) is 5.69 Å². The predicted octanol–water partition coefficient (Wildman–Crippen LogP) is 1.22. The molecule has 0 aliphatic heterocycles. The van der Waals surface area contributed by atoms with Gasteiger partial charge in [0.2, 0.25) is 0 Å². The van der Waals surface area contributed by atoms with Gasteiger partial charge < -0.3 is 11.6 Å². The van der Waals surface area contributed by atoms with Crippen LogP contribution in [0, 0.1) is 6.92 Å². The van der Waals surface area contributed by atoms with Gasteiger partial charge in [-0.2, -0.15) is 0 Å². The highest BCUT2D eigenvalue weighted by atomic mass is 15.4. The van der Waals surface area contributed by atoms with E-state index >= 15 is 0 Å². The van der Waals surface area contributed by atoms with E-state index in [-0.39, 0.29) is 0 Å². The topological polar surface area (TPSA) is 69.9 Å². The van der Waals surface area contributed by atoms with Crippen LogP contribution in [0.4, 0.5) is 5.82 Å². The summed E-state index contributed by atoms with van der Waals surface area (Å²) in [5.74, 6) is 7.02. The van der Waals surface area contributed by atoms with E-state index in [1.807, 2.05) is 6.92 Å². The summed E-state index contributed by atoms with van der Waals surface area (Å²) in [5.41, 5.74) is 6.70. The fraction of sp³-hybridized carbons (Fsp3) is 0.667. The van der Waals surface area contributed by atoms with E-state index in [9.17, 15) is 0 Å². The largest absolute Gasteiger partial charge is 0.382 e. The number of nitrogens with two attached hydrogens (primary N) is 2. The number of aromatic nitrogens is 2. The molecule has 4 nitrogen and oxygen atoms in total. The third kappa shape index (κ3) is 2.14. The van der Waals surface area contributed by atoms with Gasteiger partial charge in [0.1, 0.15) is 11.6 Å². The normalized spacial score (nSPS) is 10.6. The first-order valence-corrected chi connectivity index (χ1v) is 4.75. The third-order valence-electron chi connectivity index (χ3n) is 2.22. The number of unbranched alkanes of at least 4 members (excludes halogenated alkanes) is 2. The van der Waals surface area contributed by atoms with Gasteiger partial charge in [0.25, 0.3) is 0 Å². The summed E-state index contributed by atoms with van der Waals surface area (Å²) >= 11 is 0. The lowest BCUT2D eigenvalue weighted by atomic mass is 10.1. The molecule has 0 bridgehead atoms. The van der Waals surface area contributed by atoms with E-state index in [0.29, 0.717) is 5.82 Å². The zero-order chi connectivity index (χ0) is 9.84. The molecule has 0 atom stereocenters. The van der Waals surface area contributed by atoms with Gasteiger partial charge in [-0.05, 0) is 19.8 Å². The van der Waals surface area contributed by atoms with Crippen LogP contribution in [0.25, 0.3) is 0 Å². The SMILES string of the molecule is CCCCCc1nc(C)n(N)c1N. The molecule has 1 heterocycles. The molecule has 4 heteroatoms. The Bertz CT molecular complexity index is 277. The Labute approximate surface area is 78.9 Å². The minimum atomic E-state index is 0.605. The number of nitrogen functional groups attached to an aromatic ring is 2. The minimum Gasteiger partial charge on any atom is -0.382 e. The van der Waals surface area contributed by atoms with E-state index in [4.69, 9.17) is 11.6 Å². The molecule has 0 aliphatic carbocycles. The molecule has 0 aromatic carbocycles. The molecule has 0 radical (unpaired) electrons.